The Bertz CT molecular complexity index is 914. The number of hydrogen-bond donors (Lipinski definition) is 2. The lowest BCUT2D eigenvalue weighted by molar-refractivity contribution is -0.124. The SMILES string of the molecule is CC(=O)NCc1ccc(-c2csc(NC(=O)CC34CC5CC(CC(C5)C3)C4)n2)cc1. The van der Waals surface area contributed by atoms with Crippen LogP contribution in [0.2, 0.25) is 0 Å². The number of aromatic nitrogens is 1. The average Bonchev–Trinajstić information content (AvgIpc) is 3.13. The van der Waals surface area contributed by atoms with E-state index in [4.69, 9.17) is 0 Å². The van der Waals surface area contributed by atoms with Crippen LogP contribution < -0.4 is 10.6 Å². The third-order valence-electron chi connectivity index (χ3n) is 7.24. The van der Waals surface area contributed by atoms with E-state index in [9.17, 15) is 9.59 Å². The summed E-state index contributed by atoms with van der Waals surface area (Å²) >= 11 is 1.48. The Labute approximate surface area is 181 Å². The zero-order valence-electron chi connectivity index (χ0n) is 17.4. The molecule has 5 nitrogen and oxygen atoms in total. The fourth-order valence-corrected chi connectivity index (χ4v) is 7.23. The molecule has 4 bridgehead atoms. The van der Waals surface area contributed by atoms with E-state index in [1.807, 2.05) is 29.6 Å². The van der Waals surface area contributed by atoms with E-state index in [2.05, 4.69) is 15.6 Å². The fourth-order valence-electron chi connectivity index (χ4n) is 6.49. The summed E-state index contributed by atoms with van der Waals surface area (Å²) in [5.41, 5.74) is 3.19. The zero-order chi connectivity index (χ0) is 20.7. The number of thiazole rings is 1. The van der Waals surface area contributed by atoms with E-state index >= 15 is 0 Å². The lowest BCUT2D eigenvalue weighted by atomic mass is 9.49. The van der Waals surface area contributed by atoms with E-state index < -0.39 is 0 Å². The van der Waals surface area contributed by atoms with Gasteiger partial charge in [0, 0.05) is 30.8 Å². The summed E-state index contributed by atoms with van der Waals surface area (Å²) in [4.78, 5) is 28.5. The van der Waals surface area contributed by atoms with Crippen LogP contribution in [0.5, 0.6) is 0 Å². The second-order valence-corrected chi connectivity index (χ2v) is 10.6. The number of carbonyl (C=O) groups is 2. The number of benzene rings is 1. The van der Waals surface area contributed by atoms with Crippen LogP contribution in [-0.4, -0.2) is 16.8 Å². The van der Waals surface area contributed by atoms with Crippen LogP contribution in [-0.2, 0) is 16.1 Å². The highest BCUT2D eigenvalue weighted by molar-refractivity contribution is 7.14. The molecule has 4 aliphatic rings. The van der Waals surface area contributed by atoms with Crippen molar-refractivity contribution in [3.05, 3.63) is 35.2 Å². The van der Waals surface area contributed by atoms with Gasteiger partial charge < -0.3 is 10.6 Å². The van der Waals surface area contributed by atoms with E-state index in [0.29, 0.717) is 18.1 Å². The summed E-state index contributed by atoms with van der Waals surface area (Å²) in [6.07, 6.45) is 8.62. The molecule has 2 N–H and O–H groups in total. The normalized spacial score (nSPS) is 29.0. The van der Waals surface area contributed by atoms with Crippen molar-refractivity contribution in [1.82, 2.24) is 10.3 Å². The smallest absolute Gasteiger partial charge is 0.226 e. The predicted molar refractivity (Wildman–Crippen MR) is 119 cm³/mol. The van der Waals surface area contributed by atoms with Crippen LogP contribution in [0.4, 0.5) is 5.13 Å². The van der Waals surface area contributed by atoms with Crippen molar-refractivity contribution in [3.63, 3.8) is 0 Å². The summed E-state index contributed by atoms with van der Waals surface area (Å²) in [5, 5.41) is 8.54. The molecule has 1 aromatic heterocycles. The number of amides is 2. The molecule has 0 unspecified atom stereocenters. The number of nitrogens with zero attached hydrogens (tertiary/aromatic N) is 1. The minimum absolute atomic E-state index is 0.0347. The van der Waals surface area contributed by atoms with Gasteiger partial charge in [0.05, 0.1) is 5.69 Å². The van der Waals surface area contributed by atoms with Crippen LogP contribution in [0.15, 0.2) is 29.6 Å². The van der Waals surface area contributed by atoms with Gasteiger partial charge in [-0.3, -0.25) is 9.59 Å². The van der Waals surface area contributed by atoms with Gasteiger partial charge in [0.15, 0.2) is 5.13 Å². The van der Waals surface area contributed by atoms with Crippen LogP contribution in [0.25, 0.3) is 11.3 Å². The van der Waals surface area contributed by atoms with E-state index in [1.165, 1.54) is 56.8 Å². The summed E-state index contributed by atoms with van der Waals surface area (Å²) in [6, 6.07) is 8.01. The van der Waals surface area contributed by atoms with Crippen molar-refractivity contribution in [2.45, 2.75) is 58.4 Å². The van der Waals surface area contributed by atoms with E-state index in [0.717, 1.165) is 34.6 Å². The second-order valence-electron chi connectivity index (χ2n) is 9.79. The molecule has 0 saturated heterocycles. The van der Waals surface area contributed by atoms with Crippen LogP contribution in [0.1, 0.15) is 57.4 Å². The molecule has 4 fully saturated rings. The first-order valence-corrected chi connectivity index (χ1v) is 11.9. The van der Waals surface area contributed by atoms with E-state index in [1.54, 1.807) is 0 Å². The summed E-state index contributed by atoms with van der Waals surface area (Å²) in [7, 11) is 0. The van der Waals surface area contributed by atoms with Gasteiger partial charge in [-0.1, -0.05) is 24.3 Å². The van der Waals surface area contributed by atoms with Gasteiger partial charge in [0.25, 0.3) is 0 Å². The number of carbonyl (C=O) groups excluding carboxylic acids is 2. The zero-order valence-corrected chi connectivity index (χ0v) is 18.3. The largest absolute Gasteiger partial charge is 0.352 e. The predicted octanol–water partition coefficient (Wildman–Crippen LogP) is 4.99. The Morgan fingerprint density at radius 1 is 1.07 bits per heavy atom. The minimum atomic E-state index is -0.0347. The molecule has 0 radical (unpaired) electrons. The summed E-state index contributed by atoms with van der Waals surface area (Å²) in [5.74, 6) is 2.69. The first-order chi connectivity index (χ1) is 14.5. The lowest BCUT2D eigenvalue weighted by Gasteiger charge is -2.56. The van der Waals surface area contributed by atoms with Crippen molar-refractivity contribution in [3.8, 4) is 11.3 Å². The van der Waals surface area contributed by atoms with Crippen LogP contribution >= 0.6 is 11.3 Å². The number of nitrogens with one attached hydrogen (secondary N) is 2. The molecule has 2 aromatic rings. The standard InChI is InChI=1S/C24H29N3O2S/c1-15(28)25-13-16-2-4-20(5-3-16)21-14-30-23(26-21)27-22(29)12-24-9-17-6-18(10-24)8-19(7-17)11-24/h2-5,14,17-19H,6-13H2,1H3,(H,25,28)(H,26,27,29). The maximum absolute atomic E-state index is 12.8. The maximum atomic E-state index is 12.8. The molecule has 2 amide bonds. The van der Waals surface area contributed by atoms with Gasteiger partial charge in [-0.25, -0.2) is 4.98 Å². The highest BCUT2D eigenvalue weighted by Crippen LogP contribution is 2.61. The van der Waals surface area contributed by atoms with Gasteiger partial charge in [-0.05, 0) is 67.3 Å². The third-order valence-corrected chi connectivity index (χ3v) is 8.00. The number of rotatable bonds is 6. The number of hydrogen-bond acceptors (Lipinski definition) is 4. The van der Waals surface area contributed by atoms with Crippen molar-refractivity contribution in [2.75, 3.05) is 5.32 Å². The van der Waals surface area contributed by atoms with Crippen molar-refractivity contribution in [2.24, 2.45) is 23.2 Å². The fraction of sp³-hybridized carbons (Fsp3) is 0.542. The number of anilines is 1. The van der Waals surface area contributed by atoms with Crippen molar-refractivity contribution >= 4 is 28.3 Å². The minimum Gasteiger partial charge on any atom is -0.352 e. The van der Waals surface area contributed by atoms with E-state index in [-0.39, 0.29) is 17.2 Å². The monoisotopic (exact) mass is 423 g/mol. The van der Waals surface area contributed by atoms with Crippen molar-refractivity contribution in [1.29, 1.82) is 0 Å². The Morgan fingerprint density at radius 2 is 1.70 bits per heavy atom. The van der Waals surface area contributed by atoms with Gasteiger partial charge >= 0.3 is 0 Å². The first kappa shape index (κ1) is 19.7. The van der Waals surface area contributed by atoms with Crippen LogP contribution in [0, 0.1) is 23.2 Å². The van der Waals surface area contributed by atoms with Crippen LogP contribution in [0.3, 0.4) is 0 Å². The Hall–Kier alpha value is -2.21. The molecule has 0 atom stereocenters. The molecule has 1 heterocycles. The Balaban J connectivity index is 1.20. The second kappa shape index (κ2) is 7.80. The molecule has 0 aliphatic heterocycles. The molecular formula is C24H29N3O2S. The van der Waals surface area contributed by atoms with Crippen molar-refractivity contribution < 1.29 is 9.59 Å². The topological polar surface area (TPSA) is 71.1 Å². The molecule has 4 saturated carbocycles. The molecule has 158 valence electrons. The molecular weight excluding hydrogens is 394 g/mol. The highest BCUT2D eigenvalue weighted by Gasteiger charge is 2.51. The maximum Gasteiger partial charge on any atom is 0.226 e. The third kappa shape index (κ3) is 4.15. The average molecular weight is 424 g/mol. The molecule has 0 spiro atoms. The molecule has 6 heteroatoms. The summed E-state index contributed by atoms with van der Waals surface area (Å²) < 4.78 is 0. The Morgan fingerprint density at radius 3 is 2.30 bits per heavy atom. The van der Waals surface area contributed by atoms with Gasteiger partial charge in [-0.2, -0.15) is 0 Å². The molecule has 4 aliphatic carbocycles. The molecule has 6 rings (SSSR count). The Kier molecular flexibility index (Phi) is 5.13. The highest BCUT2D eigenvalue weighted by atomic mass is 32.1. The summed E-state index contributed by atoms with van der Waals surface area (Å²) in [6.45, 7) is 2.04. The molecule has 1 aromatic carbocycles. The quantitative estimate of drug-likeness (QED) is 0.687. The van der Waals surface area contributed by atoms with Gasteiger partial charge in [0.2, 0.25) is 11.8 Å². The lowest BCUT2D eigenvalue weighted by Crippen LogP contribution is -2.47. The molecule has 30 heavy (non-hydrogen) atoms. The first-order valence-electron chi connectivity index (χ1n) is 11.1. The van der Waals surface area contributed by atoms with Gasteiger partial charge in [0.1, 0.15) is 0 Å². The van der Waals surface area contributed by atoms with Gasteiger partial charge in [-0.15, -0.1) is 11.3 Å².